The van der Waals surface area contributed by atoms with Gasteiger partial charge >= 0.3 is 5.97 Å². The molecule has 0 aliphatic rings. The number of aliphatic hydroxyl groups excluding tert-OH is 2. The quantitative estimate of drug-likeness (QED) is 0.0320. The molecule has 0 aromatic rings. The van der Waals surface area contributed by atoms with E-state index >= 15 is 0 Å². The van der Waals surface area contributed by atoms with Crippen molar-refractivity contribution in [3.8, 4) is 0 Å². The summed E-state index contributed by atoms with van der Waals surface area (Å²) in [5, 5.41) is 23.5. The molecule has 0 radical (unpaired) electrons. The molecule has 0 spiro atoms. The molecule has 2 unspecified atom stereocenters. The van der Waals surface area contributed by atoms with Crippen molar-refractivity contribution in [1.29, 1.82) is 0 Å². The van der Waals surface area contributed by atoms with E-state index in [0.29, 0.717) is 25.9 Å². The summed E-state index contributed by atoms with van der Waals surface area (Å²) in [6.07, 6.45) is 108. The highest BCUT2D eigenvalue weighted by molar-refractivity contribution is 5.76. The minimum Gasteiger partial charge on any atom is -0.466 e. The highest BCUT2D eigenvalue weighted by Gasteiger charge is 2.20. The Labute approximate surface area is 583 Å². The van der Waals surface area contributed by atoms with Crippen molar-refractivity contribution in [3.63, 3.8) is 0 Å². The number of nitrogens with one attached hydrogen (secondary N) is 1. The molecular weight excluding hydrogens is 1140 g/mol. The molecule has 2 atom stereocenters. The van der Waals surface area contributed by atoms with Crippen LogP contribution in [0.4, 0.5) is 0 Å². The lowest BCUT2D eigenvalue weighted by Crippen LogP contribution is -2.45. The van der Waals surface area contributed by atoms with Crippen molar-refractivity contribution in [2.45, 2.75) is 495 Å². The molecule has 3 N–H and O–H groups in total. The third kappa shape index (κ3) is 79.0. The van der Waals surface area contributed by atoms with Crippen molar-refractivity contribution in [1.82, 2.24) is 5.32 Å². The predicted octanol–water partition coefficient (Wildman–Crippen LogP) is 28.6. The third-order valence-corrected chi connectivity index (χ3v) is 20.2. The van der Waals surface area contributed by atoms with Gasteiger partial charge in [-0.2, -0.15) is 0 Å². The van der Waals surface area contributed by atoms with Crippen LogP contribution in [-0.4, -0.2) is 47.4 Å². The van der Waals surface area contributed by atoms with Gasteiger partial charge in [-0.3, -0.25) is 9.59 Å². The Hall–Kier alpha value is -1.92. The van der Waals surface area contributed by atoms with E-state index < -0.39 is 12.1 Å². The first-order valence-electron chi connectivity index (χ1n) is 42.7. The monoisotopic (exact) mass is 1310 g/mol. The van der Waals surface area contributed by atoms with Crippen molar-refractivity contribution >= 4 is 11.9 Å². The molecule has 1 amide bonds. The van der Waals surface area contributed by atoms with Crippen molar-refractivity contribution in [2.75, 3.05) is 13.2 Å². The van der Waals surface area contributed by atoms with Crippen LogP contribution in [-0.2, 0) is 14.3 Å². The van der Waals surface area contributed by atoms with Crippen LogP contribution < -0.4 is 5.32 Å². The Bertz CT molecular complexity index is 1510. The standard InChI is InChI=1S/C87H167NO5/c1-3-5-7-9-11-13-15-17-19-21-22-23-24-36-39-42-45-48-51-55-59-63-67-71-75-79-85(90)84(83-89)88-86(91)80-76-72-68-64-60-56-52-49-46-43-40-37-34-32-30-28-26-25-27-29-31-33-35-38-41-44-47-50-54-58-62-66-70-74-78-82-93-87(92)81-77-73-69-65-61-57-53-20-18-16-14-12-10-8-6-4-2/h14,16,20,27,29,53,84-85,89-90H,3-13,15,17-19,21-26,28,30-52,54-83H2,1-2H3,(H,88,91)/b16-14-,29-27-,53-20-. The predicted molar refractivity (Wildman–Crippen MR) is 412 cm³/mol. The van der Waals surface area contributed by atoms with Crippen LogP contribution in [0.2, 0.25) is 0 Å². The van der Waals surface area contributed by atoms with Crippen molar-refractivity contribution in [3.05, 3.63) is 36.5 Å². The largest absolute Gasteiger partial charge is 0.466 e. The summed E-state index contributed by atoms with van der Waals surface area (Å²) in [7, 11) is 0. The smallest absolute Gasteiger partial charge is 0.305 e. The topological polar surface area (TPSA) is 95.9 Å². The fraction of sp³-hybridized carbons (Fsp3) is 0.908. The third-order valence-electron chi connectivity index (χ3n) is 20.2. The van der Waals surface area contributed by atoms with Crippen LogP contribution in [0.25, 0.3) is 0 Å². The number of amides is 1. The highest BCUT2D eigenvalue weighted by atomic mass is 16.5. The van der Waals surface area contributed by atoms with Crippen LogP contribution in [0.15, 0.2) is 36.5 Å². The SMILES string of the molecule is CCCCCC/C=C\C/C=C\CCCCCCCC(=O)OCCCCCCCCCCCCCCCC/C=C\CCCCCCCCCCCCCCCCCCCC(=O)NC(CO)C(O)CCCCCCCCCCCCCCCCCCCCCCCCCCC. The second-order valence-corrected chi connectivity index (χ2v) is 29.5. The number of unbranched alkanes of at least 4 members (excludes halogenated alkanes) is 64. The fourth-order valence-electron chi connectivity index (χ4n) is 13.7. The second kappa shape index (κ2) is 82.5. The van der Waals surface area contributed by atoms with Gasteiger partial charge in [0.2, 0.25) is 5.91 Å². The molecule has 0 fully saturated rings. The Morgan fingerprint density at radius 3 is 0.839 bits per heavy atom. The molecule has 0 aromatic heterocycles. The summed E-state index contributed by atoms with van der Waals surface area (Å²) in [4.78, 5) is 24.7. The molecule has 0 rings (SSSR count). The summed E-state index contributed by atoms with van der Waals surface area (Å²) in [6, 6.07) is -0.541. The summed E-state index contributed by atoms with van der Waals surface area (Å²) >= 11 is 0. The van der Waals surface area contributed by atoms with E-state index in [4.69, 9.17) is 4.74 Å². The van der Waals surface area contributed by atoms with Crippen LogP contribution in [0.5, 0.6) is 0 Å². The van der Waals surface area contributed by atoms with Gasteiger partial charge in [0.15, 0.2) is 0 Å². The molecular formula is C87H167NO5. The van der Waals surface area contributed by atoms with Gasteiger partial charge < -0.3 is 20.3 Å². The summed E-state index contributed by atoms with van der Waals surface area (Å²) in [5.74, 6) is -0.0178. The van der Waals surface area contributed by atoms with Crippen LogP contribution >= 0.6 is 0 Å². The van der Waals surface area contributed by atoms with E-state index in [9.17, 15) is 19.8 Å². The zero-order valence-electron chi connectivity index (χ0n) is 63.3. The number of hydrogen-bond acceptors (Lipinski definition) is 5. The normalized spacial score (nSPS) is 12.6. The van der Waals surface area contributed by atoms with Crippen LogP contribution in [0.3, 0.4) is 0 Å². The summed E-state index contributed by atoms with van der Waals surface area (Å²) in [6.45, 7) is 4.98. The van der Waals surface area contributed by atoms with Crippen molar-refractivity contribution in [2.24, 2.45) is 0 Å². The molecule has 6 heteroatoms. The van der Waals surface area contributed by atoms with E-state index in [0.717, 1.165) is 51.4 Å². The molecule has 0 aliphatic carbocycles. The first-order valence-corrected chi connectivity index (χ1v) is 42.7. The summed E-state index contributed by atoms with van der Waals surface area (Å²) in [5.41, 5.74) is 0. The van der Waals surface area contributed by atoms with Gasteiger partial charge in [0.1, 0.15) is 0 Å². The Morgan fingerprint density at radius 2 is 0.538 bits per heavy atom. The molecule has 0 saturated heterocycles. The van der Waals surface area contributed by atoms with Crippen LogP contribution in [0, 0.1) is 0 Å². The maximum absolute atomic E-state index is 12.6. The molecule has 0 aromatic carbocycles. The maximum atomic E-state index is 12.6. The lowest BCUT2D eigenvalue weighted by Gasteiger charge is -2.22. The van der Waals surface area contributed by atoms with E-state index in [2.05, 4.69) is 55.6 Å². The van der Waals surface area contributed by atoms with Gasteiger partial charge in [0, 0.05) is 12.8 Å². The van der Waals surface area contributed by atoms with Gasteiger partial charge in [-0.25, -0.2) is 0 Å². The summed E-state index contributed by atoms with van der Waals surface area (Å²) < 4.78 is 5.50. The van der Waals surface area contributed by atoms with Crippen molar-refractivity contribution < 1.29 is 24.5 Å². The highest BCUT2D eigenvalue weighted by Crippen LogP contribution is 2.20. The zero-order valence-corrected chi connectivity index (χ0v) is 63.3. The number of allylic oxidation sites excluding steroid dienone is 6. The van der Waals surface area contributed by atoms with E-state index in [-0.39, 0.29) is 18.5 Å². The fourth-order valence-corrected chi connectivity index (χ4v) is 13.7. The number of ether oxygens (including phenoxy) is 1. The average Bonchev–Trinajstić information content (AvgIpc) is 3.78. The number of carbonyl (C=O) groups is 2. The zero-order chi connectivity index (χ0) is 67.0. The Balaban J connectivity index is 3.35. The van der Waals surface area contributed by atoms with Gasteiger partial charge in [-0.15, -0.1) is 0 Å². The van der Waals surface area contributed by atoms with E-state index in [1.54, 1.807) is 0 Å². The molecule has 0 heterocycles. The lowest BCUT2D eigenvalue weighted by molar-refractivity contribution is -0.143. The van der Waals surface area contributed by atoms with Gasteiger partial charge in [-0.05, 0) is 83.5 Å². The van der Waals surface area contributed by atoms with Gasteiger partial charge in [0.05, 0.1) is 25.4 Å². The average molecular weight is 1310 g/mol. The number of esters is 1. The maximum Gasteiger partial charge on any atom is 0.305 e. The lowest BCUT2D eigenvalue weighted by atomic mass is 10.0. The molecule has 0 bridgehead atoms. The van der Waals surface area contributed by atoms with E-state index in [1.165, 1.54) is 398 Å². The number of hydrogen-bond donors (Lipinski definition) is 3. The Morgan fingerprint density at radius 1 is 0.301 bits per heavy atom. The van der Waals surface area contributed by atoms with Gasteiger partial charge in [-0.1, -0.05) is 423 Å². The molecule has 93 heavy (non-hydrogen) atoms. The van der Waals surface area contributed by atoms with Crippen LogP contribution in [0.1, 0.15) is 483 Å². The number of rotatable bonds is 81. The van der Waals surface area contributed by atoms with Gasteiger partial charge in [0.25, 0.3) is 0 Å². The molecule has 0 aliphatic heterocycles. The Kier molecular flexibility index (Phi) is 80.8. The van der Waals surface area contributed by atoms with E-state index in [1.807, 2.05) is 0 Å². The minimum absolute atomic E-state index is 0.00760. The number of aliphatic hydroxyl groups is 2. The molecule has 6 nitrogen and oxygen atoms in total. The first kappa shape index (κ1) is 91.1. The molecule has 0 saturated carbocycles. The first-order chi connectivity index (χ1) is 46.0. The number of carbonyl (C=O) groups excluding carboxylic acids is 2. The second-order valence-electron chi connectivity index (χ2n) is 29.5. The minimum atomic E-state index is -0.664. The molecule has 550 valence electrons.